The molecule has 0 aliphatic heterocycles. The van der Waals surface area contributed by atoms with Crippen molar-refractivity contribution in [3.8, 4) is 0 Å². The third-order valence-electron chi connectivity index (χ3n) is 3.67. The van der Waals surface area contributed by atoms with Crippen LogP contribution in [0.15, 0.2) is 54.6 Å². The molecule has 0 spiro atoms. The van der Waals surface area contributed by atoms with E-state index in [0.29, 0.717) is 11.7 Å². The number of carbonyl (C=O) groups excluding carboxylic acids is 1. The Hall–Kier alpha value is -3.14. The summed E-state index contributed by atoms with van der Waals surface area (Å²) >= 11 is 1.16. The predicted molar refractivity (Wildman–Crippen MR) is 103 cm³/mol. The lowest BCUT2D eigenvalue weighted by Gasteiger charge is -2.14. The number of anilines is 3. The summed E-state index contributed by atoms with van der Waals surface area (Å²) in [5, 5.41) is 13.6. The third kappa shape index (κ3) is 5.19. The Morgan fingerprint density at radius 1 is 1.07 bits per heavy atom. The Kier molecular flexibility index (Phi) is 5.78. The van der Waals surface area contributed by atoms with Crippen LogP contribution in [-0.4, -0.2) is 23.3 Å². The van der Waals surface area contributed by atoms with E-state index in [1.807, 2.05) is 42.3 Å². The van der Waals surface area contributed by atoms with E-state index in [1.54, 1.807) is 0 Å². The van der Waals surface area contributed by atoms with Crippen LogP contribution in [0.1, 0.15) is 11.1 Å². The van der Waals surface area contributed by atoms with Crippen molar-refractivity contribution >= 4 is 33.3 Å². The maximum atomic E-state index is 12.7. The molecule has 0 saturated heterocycles. The molecule has 0 aliphatic rings. The molecule has 6 nitrogen and oxygen atoms in total. The number of nitrogens with one attached hydrogen (secondary N) is 2. The van der Waals surface area contributed by atoms with Gasteiger partial charge in [-0.1, -0.05) is 47.7 Å². The van der Waals surface area contributed by atoms with Gasteiger partial charge in [0.15, 0.2) is 0 Å². The summed E-state index contributed by atoms with van der Waals surface area (Å²) in [5.41, 5.74) is 0.279. The van der Waals surface area contributed by atoms with Crippen LogP contribution < -0.4 is 15.5 Å². The Labute approximate surface area is 163 Å². The van der Waals surface area contributed by atoms with Crippen LogP contribution in [0.2, 0.25) is 0 Å². The van der Waals surface area contributed by atoms with Gasteiger partial charge in [-0.15, -0.1) is 10.2 Å². The maximum absolute atomic E-state index is 12.7. The fraction of sp³-hybridized carbons (Fsp3) is 0.167. The van der Waals surface area contributed by atoms with Crippen molar-refractivity contribution in [1.82, 2.24) is 10.2 Å². The molecule has 0 bridgehead atoms. The average Bonchev–Trinajstić information content (AvgIpc) is 3.10. The van der Waals surface area contributed by atoms with Crippen molar-refractivity contribution in [3.05, 3.63) is 65.7 Å². The molecule has 28 heavy (non-hydrogen) atoms. The number of carbonyl (C=O) groups is 1. The molecule has 0 radical (unpaired) electrons. The first-order chi connectivity index (χ1) is 13.3. The summed E-state index contributed by atoms with van der Waals surface area (Å²) in [6, 6.07) is 13.5. The number of amides is 2. The first kappa shape index (κ1) is 19.6. The normalized spacial score (nSPS) is 11.1. The van der Waals surface area contributed by atoms with Gasteiger partial charge in [-0.05, 0) is 23.8 Å². The molecule has 0 aliphatic carbocycles. The van der Waals surface area contributed by atoms with Crippen LogP contribution in [-0.2, 0) is 12.7 Å². The highest BCUT2D eigenvalue weighted by atomic mass is 32.1. The van der Waals surface area contributed by atoms with Gasteiger partial charge in [0.1, 0.15) is 0 Å². The highest BCUT2D eigenvalue weighted by Gasteiger charge is 2.30. The third-order valence-corrected chi connectivity index (χ3v) is 4.62. The fourth-order valence-electron chi connectivity index (χ4n) is 2.38. The molecular weight excluding hydrogens is 391 g/mol. The highest BCUT2D eigenvalue weighted by Crippen LogP contribution is 2.30. The van der Waals surface area contributed by atoms with E-state index >= 15 is 0 Å². The summed E-state index contributed by atoms with van der Waals surface area (Å²) in [6.45, 7) is 0.617. The molecule has 3 rings (SSSR count). The molecular formula is C18H16F3N5OS. The van der Waals surface area contributed by atoms with Gasteiger partial charge in [-0.25, -0.2) is 4.79 Å². The van der Waals surface area contributed by atoms with Gasteiger partial charge in [0, 0.05) is 19.3 Å². The van der Waals surface area contributed by atoms with E-state index in [2.05, 4.69) is 20.8 Å². The zero-order chi connectivity index (χ0) is 20.1. The van der Waals surface area contributed by atoms with Crippen molar-refractivity contribution < 1.29 is 18.0 Å². The van der Waals surface area contributed by atoms with Gasteiger partial charge in [0.25, 0.3) is 0 Å². The summed E-state index contributed by atoms with van der Waals surface area (Å²) in [4.78, 5) is 13.9. The second kappa shape index (κ2) is 8.26. The lowest BCUT2D eigenvalue weighted by Crippen LogP contribution is -2.19. The minimum atomic E-state index is -4.48. The summed E-state index contributed by atoms with van der Waals surface area (Å²) in [5.74, 6) is 0. The van der Waals surface area contributed by atoms with Crippen LogP contribution in [0.4, 0.5) is 33.9 Å². The first-order valence-electron chi connectivity index (χ1n) is 8.15. The first-order valence-corrected chi connectivity index (χ1v) is 8.97. The van der Waals surface area contributed by atoms with E-state index in [9.17, 15) is 18.0 Å². The average molecular weight is 407 g/mol. The number of aromatic nitrogens is 2. The molecule has 2 N–H and O–H groups in total. The number of hydrogen-bond acceptors (Lipinski definition) is 5. The minimum Gasteiger partial charge on any atom is -0.345 e. The van der Waals surface area contributed by atoms with Crippen LogP contribution >= 0.6 is 11.3 Å². The number of urea groups is 1. The number of rotatable bonds is 5. The number of halogens is 3. The number of alkyl halides is 3. The Bertz CT molecular complexity index is 946. The monoisotopic (exact) mass is 407 g/mol. The molecule has 2 aromatic carbocycles. The van der Waals surface area contributed by atoms with Gasteiger partial charge in [0.05, 0.1) is 5.56 Å². The smallest absolute Gasteiger partial charge is 0.345 e. The zero-order valence-corrected chi connectivity index (χ0v) is 15.5. The summed E-state index contributed by atoms with van der Waals surface area (Å²) < 4.78 is 38.2. The van der Waals surface area contributed by atoms with Gasteiger partial charge < -0.3 is 10.2 Å². The van der Waals surface area contributed by atoms with Crippen LogP contribution in [0, 0.1) is 0 Å². The Balaban J connectivity index is 1.59. The molecule has 146 valence electrons. The molecule has 2 amide bonds. The van der Waals surface area contributed by atoms with Crippen molar-refractivity contribution in [2.45, 2.75) is 12.7 Å². The molecule has 0 unspecified atom stereocenters. The number of nitrogens with zero attached hydrogens (tertiary/aromatic N) is 3. The highest BCUT2D eigenvalue weighted by molar-refractivity contribution is 7.19. The van der Waals surface area contributed by atoms with Gasteiger partial charge >= 0.3 is 12.2 Å². The molecule has 0 saturated carbocycles. The fourth-order valence-corrected chi connectivity index (χ4v) is 3.08. The van der Waals surface area contributed by atoms with Crippen LogP contribution in [0.3, 0.4) is 0 Å². The van der Waals surface area contributed by atoms with Crippen LogP contribution in [0.25, 0.3) is 0 Å². The minimum absolute atomic E-state index is 0.0262. The van der Waals surface area contributed by atoms with E-state index in [4.69, 9.17) is 0 Å². The lowest BCUT2D eigenvalue weighted by atomic mass is 10.2. The van der Waals surface area contributed by atoms with Crippen molar-refractivity contribution in [2.24, 2.45) is 0 Å². The molecule has 10 heteroatoms. The van der Waals surface area contributed by atoms with Crippen molar-refractivity contribution in [2.75, 3.05) is 22.6 Å². The molecule has 3 aromatic rings. The number of hydrogen-bond donors (Lipinski definition) is 2. The largest absolute Gasteiger partial charge is 0.416 e. The molecule has 1 aromatic heterocycles. The Morgan fingerprint density at radius 2 is 1.82 bits per heavy atom. The standard InChI is InChI=1S/C18H16F3N5OS/c1-26(11-12-6-3-2-4-7-12)17-25-24-16(28-17)23-15(27)22-14-9-5-8-13(10-14)18(19,20)21/h2-10H,11H2,1H3,(H2,22,23,24,27). The second-order valence-corrected chi connectivity index (χ2v) is 6.85. The van der Waals surface area contributed by atoms with Gasteiger partial charge in [0.2, 0.25) is 10.3 Å². The number of benzene rings is 2. The molecule has 1 heterocycles. The van der Waals surface area contributed by atoms with Gasteiger partial charge in [-0.2, -0.15) is 13.2 Å². The maximum Gasteiger partial charge on any atom is 0.416 e. The van der Waals surface area contributed by atoms with Crippen molar-refractivity contribution in [3.63, 3.8) is 0 Å². The van der Waals surface area contributed by atoms with Crippen LogP contribution in [0.5, 0.6) is 0 Å². The molecule has 0 fully saturated rings. The summed E-state index contributed by atoms with van der Waals surface area (Å²) in [6.07, 6.45) is -4.48. The molecule has 0 atom stereocenters. The van der Waals surface area contributed by atoms with Gasteiger partial charge in [-0.3, -0.25) is 5.32 Å². The van der Waals surface area contributed by atoms with Crippen molar-refractivity contribution in [1.29, 1.82) is 0 Å². The SMILES string of the molecule is CN(Cc1ccccc1)c1nnc(NC(=O)Nc2cccc(C(F)(F)F)c2)s1. The van der Waals surface area contributed by atoms with E-state index in [-0.39, 0.29) is 10.8 Å². The van der Waals surface area contributed by atoms with E-state index in [1.165, 1.54) is 12.1 Å². The zero-order valence-electron chi connectivity index (χ0n) is 14.7. The topological polar surface area (TPSA) is 70.2 Å². The Morgan fingerprint density at radius 3 is 2.54 bits per heavy atom. The van der Waals surface area contributed by atoms with E-state index < -0.39 is 17.8 Å². The van der Waals surface area contributed by atoms with E-state index in [0.717, 1.165) is 29.0 Å². The predicted octanol–water partition coefficient (Wildman–Crippen LogP) is 4.84. The summed E-state index contributed by atoms with van der Waals surface area (Å²) in [7, 11) is 1.85. The quantitative estimate of drug-likeness (QED) is 0.635. The second-order valence-electron chi connectivity index (χ2n) is 5.89. The lowest BCUT2D eigenvalue weighted by molar-refractivity contribution is -0.137.